The smallest absolute Gasteiger partial charge is 0.259 e. The first kappa shape index (κ1) is 11.6. The molecule has 1 amide bonds. The maximum atomic E-state index is 12.5. The van der Waals surface area contributed by atoms with Crippen molar-refractivity contribution >= 4 is 23.2 Å². The zero-order valence-corrected chi connectivity index (χ0v) is 11.2. The van der Waals surface area contributed by atoms with Crippen molar-refractivity contribution in [2.45, 2.75) is 6.54 Å². The average molecular weight is 288 g/mol. The summed E-state index contributed by atoms with van der Waals surface area (Å²) < 4.78 is 10.7. The minimum absolute atomic E-state index is 0.0635. The molecule has 100 valence electrons. The number of hydrogen-bond acceptors (Lipinski definition) is 3. The number of ether oxygens (including phenoxy) is 2. The molecule has 0 saturated heterocycles. The zero-order chi connectivity index (χ0) is 13.7. The lowest BCUT2D eigenvalue weighted by Crippen LogP contribution is -2.23. The fourth-order valence-electron chi connectivity index (χ4n) is 2.57. The normalized spacial score (nSPS) is 15.7. The van der Waals surface area contributed by atoms with Crippen molar-refractivity contribution in [2.24, 2.45) is 0 Å². The highest BCUT2D eigenvalue weighted by Gasteiger charge is 2.32. The van der Waals surface area contributed by atoms with Crippen LogP contribution >= 0.6 is 11.6 Å². The first-order valence-electron chi connectivity index (χ1n) is 6.23. The van der Waals surface area contributed by atoms with Crippen LogP contribution in [-0.4, -0.2) is 12.7 Å². The molecule has 0 fully saturated rings. The zero-order valence-electron chi connectivity index (χ0n) is 10.4. The summed E-state index contributed by atoms with van der Waals surface area (Å²) in [5.74, 6) is 1.25. The van der Waals surface area contributed by atoms with Crippen molar-refractivity contribution in [3.63, 3.8) is 0 Å². The molecule has 0 unspecified atom stereocenters. The van der Waals surface area contributed by atoms with Gasteiger partial charge in [-0.05, 0) is 29.8 Å². The van der Waals surface area contributed by atoms with Gasteiger partial charge >= 0.3 is 0 Å². The number of benzene rings is 2. The van der Waals surface area contributed by atoms with Crippen LogP contribution < -0.4 is 14.4 Å². The fraction of sp³-hybridized carbons (Fsp3) is 0.133. The molecule has 4 nitrogen and oxygen atoms in total. The molecule has 0 N–H and O–H groups in total. The molecule has 0 bridgehead atoms. The SMILES string of the molecule is O=C1c2cc3c(cc2CN1c1ccccc1Cl)OCO3. The van der Waals surface area contributed by atoms with Crippen LogP contribution in [0.3, 0.4) is 0 Å². The molecule has 5 heteroatoms. The Labute approximate surface area is 120 Å². The number of halogens is 1. The Morgan fingerprint density at radius 2 is 1.85 bits per heavy atom. The van der Waals surface area contributed by atoms with Crippen molar-refractivity contribution < 1.29 is 14.3 Å². The Kier molecular flexibility index (Phi) is 2.41. The van der Waals surface area contributed by atoms with Crippen molar-refractivity contribution in [1.29, 1.82) is 0 Å². The molecule has 0 aliphatic carbocycles. The predicted molar refractivity (Wildman–Crippen MR) is 74.5 cm³/mol. The summed E-state index contributed by atoms with van der Waals surface area (Å²) in [4.78, 5) is 14.2. The van der Waals surface area contributed by atoms with Crippen molar-refractivity contribution in [3.05, 3.63) is 52.5 Å². The third-order valence-corrected chi connectivity index (χ3v) is 3.87. The lowest BCUT2D eigenvalue weighted by atomic mass is 10.1. The van der Waals surface area contributed by atoms with E-state index in [4.69, 9.17) is 21.1 Å². The van der Waals surface area contributed by atoms with Gasteiger partial charge in [-0.15, -0.1) is 0 Å². The molecule has 2 heterocycles. The van der Waals surface area contributed by atoms with Gasteiger partial charge in [0.15, 0.2) is 11.5 Å². The number of hydrogen-bond donors (Lipinski definition) is 0. The Morgan fingerprint density at radius 1 is 1.10 bits per heavy atom. The van der Waals surface area contributed by atoms with Gasteiger partial charge in [-0.1, -0.05) is 23.7 Å². The van der Waals surface area contributed by atoms with E-state index in [-0.39, 0.29) is 12.7 Å². The first-order chi connectivity index (χ1) is 9.74. The topological polar surface area (TPSA) is 38.8 Å². The summed E-state index contributed by atoms with van der Waals surface area (Å²) in [5.41, 5.74) is 2.30. The van der Waals surface area contributed by atoms with Gasteiger partial charge in [-0.3, -0.25) is 4.79 Å². The average Bonchev–Trinajstić information content (AvgIpc) is 3.02. The highest BCUT2D eigenvalue weighted by atomic mass is 35.5. The Hall–Kier alpha value is -2.20. The Morgan fingerprint density at radius 3 is 2.65 bits per heavy atom. The van der Waals surface area contributed by atoms with Crippen LogP contribution in [0.1, 0.15) is 15.9 Å². The van der Waals surface area contributed by atoms with Gasteiger partial charge in [-0.25, -0.2) is 0 Å². The third-order valence-electron chi connectivity index (χ3n) is 3.55. The number of rotatable bonds is 1. The van der Waals surface area contributed by atoms with Gasteiger partial charge in [0.2, 0.25) is 6.79 Å². The van der Waals surface area contributed by atoms with Gasteiger partial charge in [0.05, 0.1) is 17.3 Å². The van der Waals surface area contributed by atoms with E-state index in [1.165, 1.54) is 0 Å². The molecule has 20 heavy (non-hydrogen) atoms. The number of amides is 1. The number of carbonyl (C=O) groups is 1. The van der Waals surface area contributed by atoms with Crippen molar-refractivity contribution in [1.82, 2.24) is 0 Å². The lowest BCUT2D eigenvalue weighted by Gasteiger charge is -2.16. The van der Waals surface area contributed by atoms with E-state index in [0.29, 0.717) is 28.6 Å². The van der Waals surface area contributed by atoms with E-state index in [0.717, 1.165) is 11.3 Å². The molecule has 0 spiro atoms. The molecule has 2 aromatic carbocycles. The summed E-state index contributed by atoms with van der Waals surface area (Å²) in [5, 5.41) is 0.564. The highest BCUT2D eigenvalue weighted by Crippen LogP contribution is 2.40. The number of para-hydroxylation sites is 1. The van der Waals surface area contributed by atoms with Crippen LogP contribution in [0.2, 0.25) is 5.02 Å². The number of fused-ring (bicyclic) bond motifs is 2. The Balaban J connectivity index is 1.78. The van der Waals surface area contributed by atoms with Crippen LogP contribution in [-0.2, 0) is 6.54 Å². The van der Waals surface area contributed by atoms with Crippen LogP contribution in [0.15, 0.2) is 36.4 Å². The molecular weight excluding hydrogens is 278 g/mol. The standard InChI is InChI=1S/C15H10ClNO3/c16-11-3-1-2-4-12(11)17-7-9-5-13-14(20-8-19-13)6-10(9)15(17)18/h1-6H,7-8H2. The predicted octanol–water partition coefficient (Wildman–Crippen LogP) is 3.23. The molecule has 2 aromatic rings. The van der Waals surface area contributed by atoms with Gasteiger partial charge < -0.3 is 14.4 Å². The van der Waals surface area contributed by atoms with E-state index < -0.39 is 0 Å². The fourth-order valence-corrected chi connectivity index (χ4v) is 2.80. The quantitative estimate of drug-likeness (QED) is 0.808. The van der Waals surface area contributed by atoms with Gasteiger partial charge in [0.25, 0.3) is 5.91 Å². The molecule has 0 radical (unpaired) electrons. The monoisotopic (exact) mass is 287 g/mol. The maximum absolute atomic E-state index is 12.5. The molecule has 4 rings (SSSR count). The second kappa shape index (κ2) is 4.15. The van der Waals surface area contributed by atoms with Gasteiger partial charge in [0.1, 0.15) is 0 Å². The molecule has 0 atom stereocenters. The van der Waals surface area contributed by atoms with Crippen molar-refractivity contribution in [2.75, 3.05) is 11.7 Å². The molecular formula is C15H10ClNO3. The van der Waals surface area contributed by atoms with E-state index in [1.54, 1.807) is 17.0 Å². The maximum Gasteiger partial charge on any atom is 0.259 e. The van der Waals surface area contributed by atoms with E-state index >= 15 is 0 Å². The Bertz CT molecular complexity index is 729. The van der Waals surface area contributed by atoms with E-state index in [1.807, 2.05) is 24.3 Å². The summed E-state index contributed by atoms with van der Waals surface area (Å²) in [6, 6.07) is 10.9. The summed E-state index contributed by atoms with van der Waals surface area (Å²) in [7, 11) is 0. The second-order valence-electron chi connectivity index (χ2n) is 4.71. The highest BCUT2D eigenvalue weighted by molar-refractivity contribution is 6.34. The number of carbonyl (C=O) groups excluding carboxylic acids is 1. The summed E-state index contributed by atoms with van der Waals surface area (Å²) >= 11 is 6.17. The van der Waals surface area contributed by atoms with Crippen LogP contribution in [0.25, 0.3) is 0 Å². The molecule has 0 aromatic heterocycles. The first-order valence-corrected chi connectivity index (χ1v) is 6.61. The summed E-state index contributed by atoms with van der Waals surface area (Å²) in [6.45, 7) is 0.704. The third kappa shape index (κ3) is 1.58. The minimum Gasteiger partial charge on any atom is -0.454 e. The number of anilines is 1. The van der Waals surface area contributed by atoms with E-state index in [9.17, 15) is 4.79 Å². The minimum atomic E-state index is -0.0635. The van der Waals surface area contributed by atoms with E-state index in [2.05, 4.69) is 0 Å². The number of nitrogens with zero attached hydrogens (tertiary/aromatic N) is 1. The molecule has 2 aliphatic rings. The molecule has 2 aliphatic heterocycles. The second-order valence-corrected chi connectivity index (χ2v) is 5.11. The summed E-state index contributed by atoms with van der Waals surface area (Å²) in [6.07, 6.45) is 0. The van der Waals surface area contributed by atoms with Gasteiger partial charge in [0, 0.05) is 5.56 Å². The van der Waals surface area contributed by atoms with Crippen LogP contribution in [0.5, 0.6) is 11.5 Å². The lowest BCUT2D eigenvalue weighted by molar-refractivity contribution is 0.0996. The van der Waals surface area contributed by atoms with Gasteiger partial charge in [-0.2, -0.15) is 0 Å². The van der Waals surface area contributed by atoms with Crippen LogP contribution in [0.4, 0.5) is 5.69 Å². The molecule has 0 saturated carbocycles. The largest absolute Gasteiger partial charge is 0.454 e. The van der Waals surface area contributed by atoms with Crippen LogP contribution in [0, 0.1) is 0 Å². The van der Waals surface area contributed by atoms with Crippen molar-refractivity contribution in [3.8, 4) is 11.5 Å².